The Labute approximate surface area is 200 Å². The highest BCUT2D eigenvalue weighted by molar-refractivity contribution is 7.99. The van der Waals surface area contributed by atoms with Crippen molar-refractivity contribution in [2.45, 2.75) is 44.4 Å². The van der Waals surface area contributed by atoms with E-state index in [0.717, 1.165) is 15.5 Å². The maximum atomic E-state index is 13.6. The van der Waals surface area contributed by atoms with Gasteiger partial charge in [-0.1, -0.05) is 32.9 Å². The summed E-state index contributed by atoms with van der Waals surface area (Å²) < 4.78 is 0. The predicted octanol–water partition coefficient (Wildman–Crippen LogP) is 5.71. The lowest BCUT2D eigenvalue weighted by atomic mass is 9.69. The lowest BCUT2D eigenvalue weighted by molar-refractivity contribution is -0.384. The molecular weight excluding hydrogens is 456 g/mol. The number of nitro groups is 1. The second-order valence-electron chi connectivity index (χ2n) is 8.81. The van der Waals surface area contributed by atoms with Crippen LogP contribution in [0, 0.1) is 26.9 Å². The molecule has 7 nitrogen and oxygen atoms in total. The van der Waals surface area contributed by atoms with E-state index in [2.05, 4.69) is 13.0 Å². The van der Waals surface area contributed by atoms with Crippen molar-refractivity contribution in [1.29, 1.82) is 5.26 Å². The Kier molecular flexibility index (Phi) is 6.08. The maximum Gasteiger partial charge on any atom is 0.293 e. The van der Waals surface area contributed by atoms with E-state index in [9.17, 15) is 20.2 Å². The number of benzene rings is 1. The third-order valence-corrected chi connectivity index (χ3v) is 7.99. The van der Waals surface area contributed by atoms with Gasteiger partial charge in [-0.25, -0.2) is 0 Å². The molecule has 0 saturated carbocycles. The molecule has 2 heterocycles. The van der Waals surface area contributed by atoms with Gasteiger partial charge in [-0.05, 0) is 35.1 Å². The van der Waals surface area contributed by atoms with Gasteiger partial charge in [0.1, 0.15) is 11.5 Å². The third kappa shape index (κ3) is 3.94. The SMILES string of the molecule is CCSc1ccsc1[C@H]1C(C#N)=C(N)N(c2ccccc2[N+](=O)[O-])C2=C1C(=O)CC(C)(C)C2. The number of carbonyl (C=O) groups is 1. The Hall–Kier alpha value is -3.09. The van der Waals surface area contributed by atoms with Crippen LogP contribution in [0.5, 0.6) is 0 Å². The molecule has 4 rings (SSSR count). The van der Waals surface area contributed by atoms with E-state index in [1.54, 1.807) is 34.9 Å². The number of nitro benzene ring substituents is 1. The Morgan fingerprint density at radius 3 is 2.73 bits per heavy atom. The van der Waals surface area contributed by atoms with E-state index < -0.39 is 10.8 Å². The van der Waals surface area contributed by atoms with E-state index in [1.807, 2.05) is 25.3 Å². The molecule has 33 heavy (non-hydrogen) atoms. The topological polar surface area (TPSA) is 113 Å². The second-order valence-corrected chi connectivity index (χ2v) is 11.1. The molecule has 0 unspecified atom stereocenters. The molecule has 0 fully saturated rings. The molecule has 9 heteroatoms. The zero-order valence-electron chi connectivity index (χ0n) is 18.6. The molecule has 0 amide bonds. The average molecular weight is 481 g/mol. The largest absolute Gasteiger partial charge is 0.384 e. The number of thiophene rings is 1. The van der Waals surface area contributed by atoms with Gasteiger partial charge in [0.05, 0.1) is 22.5 Å². The van der Waals surface area contributed by atoms with Crippen molar-refractivity contribution >= 4 is 40.3 Å². The third-order valence-electron chi connectivity index (χ3n) is 5.92. The normalized spacial score (nSPS) is 20.0. The number of hydrogen-bond donors (Lipinski definition) is 1. The van der Waals surface area contributed by atoms with Crippen LogP contribution < -0.4 is 10.6 Å². The molecule has 0 bridgehead atoms. The van der Waals surface area contributed by atoms with Crippen LogP contribution in [0.2, 0.25) is 0 Å². The number of para-hydroxylation sites is 2. The molecule has 2 aromatic rings. The summed E-state index contributed by atoms with van der Waals surface area (Å²) in [5.74, 6) is 0.381. The lowest BCUT2D eigenvalue weighted by Gasteiger charge is -2.43. The molecule has 170 valence electrons. The Balaban J connectivity index is 2.03. The minimum atomic E-state index is -0.568. The quantitative estimate of drug-likeness (QED) is 0.331. The van der Waals surface area contributed by atoms with Gasteiger partial charge in [0.15, 0.2) is 5.78 Å². The summed E-state index contributed by atoms with van der Waals surface area (Å²) in [6.07, 6.45) is 0.852. The molecule has 1 atom stereocenters. The van der Waals surface area contributed by atoms with Crippen LogP contribution >= 0.6 is 23.1 Å². The number of rotatable bonds is 5. The number of Topliss-reactive ketones (excluding diaryl/α,β-unsaturated/α-hetero) is 1. The molecular formula is C24H24N4O3S2. The van der Waals surface area contributed by atoms with E-state index >= 15 is 0 Å². The maximum absolute atomic E-state index is 13.6. The molecule has 1 aliphatic carbocycles. The van der Waals surface area contributed by atoms with Crippen LogP contribution in [0.25, 0.3) is 0 Å². The summed E-state index contributed by atoms with van der Waals surface area (Å²) in [6, 6.07) is 10.5. The molecule has 0 spiro atoms. The number of nitrogens with two attached hydrogens (primary N) is 1. The predicted molar refractivity (Wildman–Crippen MR) is 131 cm³/mol. The van der Waals surface area contributed by atoms with Crippen molar-refractivity contribution in [2.75, 3.05) is 10.7 Å². The molecule has 1 aliphatic heterocycles. The van der Waals surface area contributed by atoms with E-state index in [-0.39, 0.29) is 34.0 Å². The van der Waals surface area contributed by atoms with Gasteiger partial charge in [0.2, 0.25) is 0 Å². The fourth-order valence-electron chi connectivity index (χ4n) is 4.65. The minimum absolute atomic E-state index is 0.0454. The van der Waals surface area contributed by atoms with Crippen molar-refractivity contribution in [2.24, 2.45) is 11.1 Å². The van der Waals surface area contributed by atoms with Gasteiger partial charge in [-0.3, -0.25) is 19.8 Å². The Bertz CT molecular complexity index is 1250. The van der Waals surface area contributed by atoms with E-state index in [4.69, 9.17) is 5.73 Å². The van der Waals surface area contributed by atoms with Gasteiger partial charge in [-0.2, -0.15) is 5.26 Å². The monoisotopic (exact) mass is 480 g/mol. The highest BCUT2D eigenvalue weighted by Crippen LogP contribution is 2.53. The van der Waals surface area contributed by atoms with Crippen LogP contribution in [0.15, 0.2) is 63.3 Å². The second kappa shape index (κ2) is 8.69. The number of carbonyl (C=O) groups excluding carboxylic acids is 1. The van der Waals surface area contributed by atoms with Crippen molar-refractivity contribution in [1.82, 2.24) is 0 Å². The van der Waals surface area contributed by atoms with Crippen LogP contribution in [0.4, 0.5) is 11.4 Å². The fourth-order valence-corrected chi connectivity index (χ4v) is 6.70. The van der Waals surface area contributed by atoms with Crippen LogP contribution in [-0.2, 0) is 4.79 Å². The van der Waals surface area contributed by atoms with Crippen molar-refractivity contribution in [3.63, 3.8) is 0 Å². The lowest BCUT2D eigenvalue weighted by Crippen LogP contribution is -2.42. The number of nitriles is 1. The number of hydrogen-bond acceptors (Lipinski definition) is 8. The standard InChI is InChI=1S/C24H24N4O3S2/c1-4-32-19-9-10-33-22(19)20-14(13-25)23(26)27(15-7-5-6-8-16(15)28(30)31)17-11-24(2,3)12-18(29)21(17)20/h5-10,20H,4,11-12,26H2,1-3H3/t20-/m0/s1. The molecule has 2 aliphatic rings. The van der Waals surface area contributed by atoms with Gasteiger partial charge in [0.25, 0.3) is 5.69 Å². The van der Waals surface area contributed by atoms with Crippen LogP contribution in [0.3, 0.4) is 0 Å². The summed E-state index contributed by atoms with van der Waals surface area (Å²) in [6.45, 7) is 6.06. The number of anilines is 1. The zero-order chi connectivity index (χ0) is 23.9. The molecule has 0 saturated heterocycles. The Morgan fingerprint density at radius 1 is 1.33 bits per heavy atom. The van der Waals surface area contributed by atoms with Gasteiger partial charge in [0, 0.05) is 33.5 Å². The van der Waals surface area contributed by atoms with Gasteiger partial charge in [-0.15, -0.1) is 23.1 Å². The number of thioether (sulfide) groups is 1. The Morgan fingerprint density at radius 2 is 2.06 bits per heavy atom. The summed E-state index contributed by atoms with van der Waals surface area (Å²) in [5.41, 5.74) is 7.82. The molecule has 1 aromatic carbocycles. The van der Waals surface area contributed by atoms with E-state index in [1.165, 1.54) is 17.4 Å². The van der Waals surface area contributed by atoms with Crippen molar-refractivity contribution < 1.29 is 9.72 Å². The zero-order valence-corrected chi connectivity index (χ0v) is 20.3. The summed E-state index contributed by atoms with van der Waals surface area (Å²) >= 11 is 3.17. The summed E-state index contributed by atoms with van der Waals surface area (Å²) in [7, 11) is 0. The van der Waals surface area contributed by atoms with Crippen LogP contribution in [-0.4, -0.2) is 16.5 Å². The number of allylic oxidation sites excluding steroid dienone is 3. The highest BCUT2D eigenvalue weighted by atomic mass is 32.2. The molecule has 2 N–H and O–H groups in total. The highest BCUT2D eigenvalue weighted by Gasteiger charge is 2.46. The smallest absolute Gasteiger partial charge is 0.293 e. The first-order valence-corrected chi connectivity index (χ1v) is 12.5. The van der Waals surface area contributed by atoms with Crippen LogP contribution in [0.1, 0.15) is 44.4 Å². The van der Waals surface area contributed by atoms with E-state index in [0.29, 0.717) is 24.1 Å². The summed E-state index contributed by atoms with van der Waals surface area (Å²) in [4.78, 5) is 28.5. The average Bonchev–Trinajstić information content (AvgIpc) is 3.20. The van der Waals surface area contributed by atoms with Gasteiger partial charge < -0.3 is 5.73 Å². The first-order valence-electron chi connectivity index (χ1n) is 10.6. The minimum Gasteiger partial charge on any atom is -0.384 e. The fraction of sp³-hybridized carbons (Fsp3) is 0.333. The first-order chi connectivity index (χ1) is 15.7. The summed E-state index contributed by atoms with van der Waals surface area (Å²) in [5, 5.41) is 24.0. The van der Waals surface area contributed by atoms with Crippen molar-refractivity contribution in [3.05, 3.63) is 73.4 Å². The number of nitrogens with zero attached hydrogens (tertiary/aromatic N) is 3. The van der Waals surface area contributed by atoms with Crippen molar-refractivity contribution in [3.8, 4) is 6.07 Å². The molecule has 0 radical (unpaired) electrons. The number of ketones is 1. The van der Waals surface area contributed by atoms with Gasteiger partial charge >= 0.3 is 0 Å². The first kappa shape index (κ1) is 23.1. The molecule has 1 aromatic heterocycles.